The van der Waals surface area contributed by atoms with E-state index in [1.54, 1.807) is 0 Å². The van der Waals surface area contributed by atoms with Crippen molar-refractivity contribution in [2.24, 2.45) is 5.73 Å². The van der Waals surface area contributed by atoms with Crippen LogP contribution in [-0.4, -0.2) is 29.7 Å². The van der Waals surface area contributed by atoms with Crippen LogP contribution in [0.25, 0.3) is 0 Å². The van der Waals surface area contributed by atoms with Crippen molar-refractivity contribution in [3.05, 3.63) is 35.9 Å². The summed E-state index contributed by atoms with van der Waals surface area (Å²) in [4.78, 5) is 21.8. The van der Waals surface area contributed by atoms with E-state index in [1.807, 2.05) is 30.3 Å². The van der Waals surface area contributed by atoms with Crippen molar-refractivity contribution in [2.45, 2.75) is 25.3 Å². The summed E-state index contributed by atoms with van der Waals surface area (Å²) in [5.74, 6) is -1.40. The first-order valence-electron chi connectivity index (χ1n) is 5.77. The number of ether oxygens (including phenoxy) is 1. The molecular formula is C13H18ClNO4. The quantitative estimate of drug-likeness (QED) is 0.584. The molecule has 0 heterocycles. The Morgan fingerprint density at radius 2 is 1.89 bits per heavy atom. The van der Waals surface area contributed by atoms with Gasteiger partial charge in [0.1, 0.15) is 6.04 Å². The number of carbonyl (C=O) groups excluding carboxylic acids is 1. The minimum Gasteiger partial charge on any atom is -0.481 e. The topological polar surface area (TPSA) is 89.6 Å². The van der Waals surface area contributed by atoms with E-state index in [9.17, 15) is 9.59 Å². The molecule has 3 N–H and O–H groups in total. The average Bonchev–Trinajstić information content (AvgIpc) is 2.35. The molecule has 1 aromatic rings. The average molecular weight is 288 g/mol. The van der Waals surface area contributed by atoms with Crippen LogP contribution in [0.1, 0.15) is 18.4 Å². The highest BCUT2D eigenvalue weighted by Crippen LogP contribution is 2.03. The summed E-state index contributed by atoms with van der Waals surface area (Å²) in [6, 6.07) is 8.70. The Morgan fingerprint density at radius 3 is 2.47 bits per heavy atom. The van der Waals surface area contributed by atoms with E-state index in [0.717, 1.165) is 5.56 Å². The van der Waals surface area contributed by atoms with Gasteiger partial charge in [-0.15, -0.1) is 12.4 Å². The molecule has 1 rings (SSSR count). The zero-order valence-corrected chi connectivity index (χ0v) is 11.3. The molecule has 0 saturated carbocycles. The number of benzene rings is 1. The van der Waals surface area contributed by atoms with Crippen LogP contribution in [0.5, 0.6) is 0 Å². The van der Waals surface area contributed by atoms with Gasteiger partial charge in [0, 0.05) is 6.42 Å². The van der Waals surface area contributed by atoms with Gasteiger partial charge in [-0.25, -0.2) is 0 Å². The van der Waals surface area contributed by atoms with Crippen molar-refractivity contribution < 1.29 is 19.4 Å². The number of esters is 1. The second-order valence-corrected chi connectivity index (χ2v) is 3.96. The molecule has 0 bridgehead atoms. The van der Waals surface area contributed by atoms with Gasteiger partial charge in [-0.3, -0.25) is 9.59 Å². The molecule has 106 valence electrons. The molecule has 0 aromatic heterocycles. The second-order valence-electron chi connectivity index (χ2n) is 3.96. The zero-order chi connectivity index (χ0) is 13.4. The monoisotopic (exact) mass is 287 g/mol. The fourth-order valence-corrected chi connectivity index (χ4v) is 1.45. The summed E-state index contributed by atoms with van der Waals surface area (Å²) < 4.78 is 4.90. The molecule has 1 aromatic carbocycles. The molecule has 0 aliphatic heterocycles. The molecule has 0 amide bonds. The van der Waals surface area contributed by atoms with Gasteiger partial charge in [0.15, 0.2) is 0 Å². The summed E-state index contributed by atoms with van der Waals surface area (Å²) in [5.41, 5.74) is 6.67. The van der Waals surface area contributed by atoms with Crippen molar-refractivity contribution in [3.8, 4) is 0 Å². The summed E-state index contributed by atoms with van der Waals surface area (Å²) in [5, 5.41) is 8.42. The fourth-order valence-electron chi connectivity index (χ4n) is 1.45. The number of hydrogen-bond acceptors (Lipinski definition) is 4. The minimum absolute atomic E-state index is 0. The number of nitrogens with two attached hydrogens (primary N) is 1. The van der Waals surface area contributed by atoms with Crippen molar-refractivity contribution in [2.75, 3.05) is 6.61 Å². The molecule has 0 radical (unpaired) electrons. The van der Waals surface area contributed by atoms with Crippen LogP contribution < -0.4 is 5.73 Å². The third-order valence-corrected chi connectivity index (χ3v) is 2.38. The first kappa shape index (κ1) is 17.4. The smallest absolute Gasteiger partial charge is 0.323 e. The standard InChI is InChI=1S/C13H17NO4.ClH/c14-11(9-10-5-2-1-3-6-10)13(17)18-8-4-7-12(15)16;/h1-3,5-6,11H,4,7-9,14H2,(H,15,16);1H/t11-;/m0./s1. The first-order chi connectivity index (χ1) is 8.59. The molecular weight excluding hydrogens is 270 g/mol. The molecule has 0 aliphatic rings. The summed E-state index contributed by atoms with van der Waals surface area (Å²) >= 11 is 0. The highest BCUT2D eigenvalue weighted by atomic mass is 35.5. The van der Waals surface area contributed by atoms with E-state index in [-0.39, 0.29) is 25.4 Å². The van der Waals surface area contributed by atoms with E-state index in [4.69, 9.17) is 15.6 Å². The molecule has 0 fully saturated rings. The Balaban J connectivity index is 0.00000324. The van der Waals surface area contributed by atoms with Crippen LogP contribution in [-0.2, 0) is 20.7 Å². The highest BCUT2D eigenvalue weighted by molar-refractivity contribution is 5.85. The lowest BCUT2D eigenvalue weighted by atomic mass is 10.1. The predicted molar refractivity (Wildman–Crippen MR) is 73.2 cm³/mol. The number of aliphatic carboxylic acids is 1. The van der Waals surface area contributed by atoms with Crippen molar-refractivity contribution in [3.63, 3.8) is 0 Å². The van der Waals surface area contributed by atoms with E-state index in [0.29, 0.717) is 12.8 Å². The summed E-state index contributed by atoms with van der Waals surface area (Å²) in [6.07, 6.45) is 0.707. The largest absolute Gasteiger partial charge is 0.481 e. The molecule has 0 spiro atoms. The number of carboxylic acids is 1. The molecule has 0 saturated heterocycles. The van der Waals surface area contributed by atoms with Gasteiger partial charge in [-0.2, -0.15) is 0 Å². The van der Waals surface area contributed by atoms with Gasteiger partial charge >= 0.3 is 11.9 Å². The Bertz CT molecular complexity index is 397. The lowest BCUT2D eigenvalue weighted by Gasteiger charge is -2.11. The third-order valence-electron chi connectivity index (χ3n) is 2.38. The summed E-state index contributed by atoms with van der Waals surface area (Å²) in [6.45, 7) is 0.0909. The fraction of sp³-hybridized carbons (Fsp3) is 0.385. The number of carbonyl (C=O) groups is 2. The maximum absolute atomic E-state index is 11.5. The van der Waals surface area contributed by atoms with Gasteiger partial charge in [0.05, 0.1) is 6.61 Å². The second kappa shape index (κ2) is 9.35. The Labute approximate surface area is 118 Å². The first-order valence-corrected chi connectivity index (χ1v) is 5.77. The van der Waals surface area contributed by atoms with Crippen LogP contribution in [0, 0.1) is 0 Å². The van der Waals surface area contributed by atoms with E-state index in [2.05, 4.69) is 0 Å². The molecule has 5 nitrogen and oxygen atoms in total. The van der Waals surface area contributed by atoms with Crippen LogP contribution in [0.3, 0.4) is 0 Å². The predicted octanol–water partition coefficient (Wildman–Crippen LogP) is 1.39. The number of carboxylic acid groups (broad SMARTS) is 1. The van der Waals surface area contributed by atoms with E-state index in [1.165, 1.54) is 0 Å². The minimum atomic E-state index is -0.903. The van der Waals surface area contributed by atoms with Gasteiger partial charge in [-0.1, -0.05) is 30.3 Å². The SMILES string of the molecule is Cl.N[C@@H](Cc1ccccc1)C(=O)OCCCC(=O)O. The lowest BCUT2D eigenvalue weighted by molar-refractivity contribution is -0.146. The lowest BCUT2D eigenvalue weighted by Crippen LogP contribution is -2.34. The van der Waals surface area contributed by atoms with E-state index < -0.39 is 18.0 Å². The molecule has 0 unspecified atom stereocenters. The maximum Gasteiger partial charge on any atom is 0.323 e. The molecule has 6 heteroatoms. The van der Waals surface area contributed by atoms with Crippen LogP contribution in [0.2, 0.25) is 0 Å². The van der Waals surface area contributed by atoms with Gasteiger partial charge in [0.2, 0.25) is 0 Å². The van der Waals surface area contributed by atoms with Crippen molar-refractivity contribution in [1.82, 2.24) is 0 Å². The van der Waals surface area contributed by atoms with Gasteiger partial charge in [0.25, 0.3) is 0 Å². The van der Waals surface area contributed by atoms with Crippen LogP contribution in [0.15, 0.2) is 30.3 Å². The normalized spacial score (nSPS) is 11.2. The molecule has 0 aliphatic carbocycles. The van der Waals surface area contributed by atoms with Crippen molar-refractivity contribution in [1.29, 1.82) is 0 Å². The number of halogens is 1. The Hall–Kier alpha value is -1.59. The maximum atomic E-state index is 11.5. The van der Waals surface area contributed by atoms with Gasteiger partial charge in [-0.05, 0) is 18.4 Å². The third kappa shape index (κ3) is 7.43. The van der Waals surface area contributed by atoms with E-state index >= 15 is 0 Å². The van der Waals surface area contributed by atoms with Crippen LogP contribution >= 0.6 is 12.4 Å². The highest BCUT2D eigenvalue weighted by Gasteiger charge is 2.15. The van der Waals surface area contributed by atoms with Crippen LogP contribution in [0.4, 0.5) is 0 Å². The Kier molecular flexibility index (Phi) is 8.57. The number of hydrogen-bond donors (Lipinski definition) is 2. The molecule has 1 atom stereocenters. The zero-order valence-electron chi connectivity index (χ0n) is 10.5. The summed E-state index contributed by atoms with van der Waals surface area (Å²) in [7, 11) is 0. The number of rotatable bonds is 7. The van der Waals surface area contributed by atoms with Gasteiger partial charge < -0.3 is 15.6 Å². The van der Waals surface area contributed by atoms with Crippen molar-refractivity contribution >= 4 is 24.3 Å². The molecule has 19 heavy (non-hydrogen) atoms. The Morgan fingerprint density at radius 1 is 1.26 bits per heavy atom.